The van der Waals surface area contributed by atoms with E-state index in [1.165, 1.54) is 3.97 Å². The molecule has 0 saturated heterocycles. The summed E-state index contributed by atoms with van der Waals surface area (Å²) in [7, 11) is -3.90. The van der Waals surface area contributed by atoms with Crippen molar-refractivity contribution in [2.45, 2.75) is 21.6 Å². The third kappa shape index (κ3) is 4.74. The summed E-state index contributed by atoms with van der Waals surface area (Å²) in [6.07, 6.45) is 0. The molecule has 0 radical (unpaired) electrons. The van der Waals surface area contributed by atoms with Gasteiger partial charge in [0.25, 0.3) is 10.0 Å². The second kappa shape index (κ2) is 9.90. The molecule has 0 aliphatic rings. The molecule has 35 heavy (non-hydrogen) atoms. The smallest absolute Gasteiger partial charge is 0.232 e. The van der Waals surface area contributed by atoms with Gasteiger partial charge in [0, 0.05) is 19.8 Å². The molecule has 6 heteroatoms. The summed E-state index contributed by atoms with van der Waals surface area (Å²) < 4.78 is 30.9. The Bertz CT molecular complexity index is 1580. The maximum Gasteiger partial charge on any atom is 0.268 e. The molecule has 1 aromatic heterocycles. The lowest BCUT2D eigenvalue weighted by Gasteiger charge is -2.16. The van der Waals surface area contributed by atoms with Gasteiger partial charge in [0.2, 0.25) is 0 Å². The van der Waals surface area contributed by atoms with E-state index in [1.807, 2.05) is 110 Å². The second-order valence-corrected chi connectivity index (χ2v) is 11.8. The molecule has 3 nitrogen and oxygen atoms in total. The third-order valence-corrected chi connectivity index (χ3v) is 9.44. The zero-order valence-electron chi connectivity index (χ0n) is 18.9. The van der Waals surface area contributed by atoms with E-state index in [1.54, 1.807) is 23.9 Å². The van der Waals surface area contributed by atoms with Crippen molar-refractivity contribution in [3.05, 3.63) is 125 Å². The van der Waals surface area contributed by atoms with Crippen LogP contribution in [0.4, 0.5) is 0 Å². The van der Waals surface area contributed by atoms with E-state index in [0.29, 0.717) is 11.4 Å². The minimum absolute atomic E-state index is 0.255. The average Bonchev–Trinajstić information content (AvgIpc) is 3.27. The SMILES string of the molecule is Cc1ccc(S(=O)(=O)n2c(-c3ccccc3)cc(Sc3ccccc3Br)c2-c2ccccc2)cc1. The first kappa shape index (κ1) is 23.7. The maximum atomic E-state index is 14.2. The highest BCUT2D eigenvalue weighted by atomic mass is 79.9. The summed E-state index contributed by atoms with van der Waals surface area (Å²) >= 11 is 5.19. The molecular weight excluding hydrogens is 538 g/mol. The molecule has 0 bridgehead atoms. The Hall–Kier alpha value is -3.06. The van der Waals surface area contributed by atoms with Crippen LogP contribution in [0.3, 0.4) is 0 Å². The first-order valence-electron chi connectivity index (χ1n) is 11.1. The van der Waals surface area contributed by atoms with Crippen LogP contribution in [0.2, 0.25) is 0 Å². The van der Waals surface area contributed by atoms with Gasteiger partial charge in [0.1, 0.15) is 0 Å². The van der Waals surface area contributed by atoms with Crippen LogP contribution in [-0.4, -0.2) is 12.4 Å². The van der Waals surface area contributed by atoms with E-state index in [-0.39, 0.29) is 4.90 Å². The fourth-order valence-electron chi connectivity index (χ4n) is 3.93. The predicted octanol–water partition coefficient (Wildman–Crippen LogP) is 8.28. The quantitative estimate of drug-likeness (QED) is 0.210. The van der Waals surface area contributed by atoms with Crippen LogP contribution in [0.25, 0.3) is 22.5 Å². The zero-order valence-corrected chi connectivity index (χ0v) is 22.1. The highest BCUT2D eigenvalue weighted by molar-refractivity contribution is 9.10. The topological polar surface area (TPSA) is 39.1 Å². The Labute approximate surface area is 218 Å². The molecule has 0 unspecified atom stereocenters. The van der Waals surface area contributed by atoms with E-state index in [4.69, 9.17) is 0 Å². The second-order valence-electron chi connectivity index (χ2n) is 8.09. The van der Waals surface area contributed by atoms with E-state index in [2.05, 4.69) is 15.9 Å². The Morgan fingerprint density at radius 1 is 0.686 bits per heavy atom. The van der Waals surface area contributed by atoms with Crippen LogP contribution in [0.5, 0.6) is 0 Å². The largest absolute Gasteiger partial charge is 0.268 e. The van der Waals surface area contributed by atoms with E-state index in [9.17, 15) is 8.42 Å². The van der Waals surface area contributed by atoms with Gasteiger partial charge in [-0.1, -0.05) is 102 Å². The summed E-state index contributed by atoms with van der Waals surface area (Å²) in [4.78, 5) is 2.12. The fraction of sp³-hybridized carbons (Fsp3) is 0.0345. The highest BCUT2D eigenvalue weighted by Crippen LogP contribution is 2.44. The number of aromatic nitrogens is 1. The van der Waals surface area contributed by atoms with E-state index < -0.39 is 10.0 Å². The normalized spacial score (nSPS) is 11.5. The minimum Gasteiger partial charge on any atom is -0.232 e. The van der Waals surface area contributed by atoms with E-state index >= 15 is 0 Å². The van der Waals surface area contributed by atoms with Crippen molar-refractivity contribution in [2.75, 3.05) is 0 Å². The van der Waals surface area contributed by atoms with Crippen LogP contribution in [0, 0.1) is 6.92 Å². The van der Waals surface area contributed by atoms with Crippen molar-refractivity contribution < 1.29 is 8.42 Å². The Morgan fingerprint density at radius 3 is 1.89 bits per heavy atom. The summed E-state index contributed by atoms with van der Waals surface area (Å²) in [5.41, 5.74) is 3.94. The van der Waals surface area contributed by atoms with Gasteiger partial charge in [-0.25, -0.2) is 12.4 Å². The Morgan fingerprint density at radius 2 is 1.26 bits per heavy atom. The standard InChI is InChI=1S/C29H22BrNO2S2/c1-21-16-18-24(19-17-21)35(32,33)31-26(22-10-4-2-5-11-22)20-28(29(31)23-12-6-3-7-13-23)34-27-15-9-8-14-25(27)30/h2-20H,1H3. The molecule has 0 atom stereocenters. The fourth-order valence-corrected chi connectivity index (χ4v) is 7.09. The van der Waals surface area contributed by atoms with E-state index in [0.717, 1.165) is 31.0 Å². The molecule has 4 aromatic carbocycles. The number of hydrogen-bond donors (Lipinski definition) is 0. The van der Waals surface area contributed by atoms with Gasteiger partial charge in [-0.05, 0) is 58.7 Å². The number of hydrogen-bond acceptors (Lipinski definition) is 3. The number of halogens is 1. The van der Waals surface area contributed by atoms with Gasteiger partial charge >= 0.3 is 0 Å². The lowest BCUT2D eigenvalue weighted by molar-refractivity contribution is 0.588. The van der Waals surface area contributed by atoms with Crippen molar-refractivity contribution in [3.63, 3.8) is 0 Å². The number of benzene rings is 4. The molecule has 0 aliphatic carbocycles. The molecule has 1 heterocycles. The molecular formula is C29H22BrNO2S2. The van der Waals surface area contributed by atoms with Crippen molar-refractivity contribution >= 4 is 37.7 Å². The van der Waals surface area contributed by atoms with Gasteiger partial charge in [-0.15, -0.1) is 0 Å². The molecule has 0 fully saturated rings. The molecule has 0 N–H and O–H groups in total. The van der Waals surface area contributed by atoms with Crippen molar-refractivity contribution in [3.8, 4) is 22.5 Å². The van der Waals surface area contributed by atoms with Crippen molar-refractivity contribution in [2.24, 2.45) is 0 Å². The average molecular weight is 561 g/mol. The summed E-state index contributed by atoms with van der Waals surface area (Å²) in [5, 5.41) is 0. The first-order chi connectivity index (χ1) is 16.9. The minimum atomic E-state index is -3.90. The van der Waals surface area contributed by atoms with Crippen LogP contribution in [0.15, 0.2) is 134 Å². The van der Waals surface area contributed by atoms with Gasteiger partial charge in [0.05, 0.1) is 16.3 Å². The molecule has 0 amide bonds. The summed E-state index contributed by atoms with van der Waals surface area (Å²) in [6.45, 7) is 1.95. The predicted molar refractivity (Wildman–Crippen MR) is 147 cm³/mol. The third-order valence-electron chi connectivity index (χ3n) is 5.66. The van der Waals surface area contributed by atoms with Crippen LogP contribution in [0.1, 0.15) is 5.56 Å². The molecule has 5 rings (SSSR count). The lowest BCUT2D eigenvalue weighted by Crippen LogP contribution is -2.15. The molecule has 0 saturated carbocycles. The highest BCUT2D eigenvalue weighted by Gasteiger charge is 2.28. The van der Waals surface area contributed by atoms with Crippen LogP contribution >= 0.6 is 27.7 Å². The van der Waals surface area contributed by atoms with Crippen molar-refractivity contribution in [1.29, 1.82) is 0 Å². The number of rotatable bonds is 6. The Kier molecular flexibility index (Phi) is 6.69. The lowest BCUT2D eigenvalue weighted by atomic mass is 10.1. The van der Waals surface area contributed by atoms with Gasteiger partial charge < -0.3 is 0 Å². The molecule has 5 aromatic rings. The van der Waals surface area contributed by atoms with Crippen LogP contribution in [-0.2, 0) is 10.0 Å². The van der Waals surface area contributed by atoms with Gasteiger partial charge in [0.15, 0.2) is 0 Å². The first-order valence-corrected chi connectivity index (χ1v) is 14.1. The summed E-state index contributed by atoms with van der Waals surface area (Å²) in [6, 6.07) is 36.3. The maximum absolute atomic E-state index is 14.2. The number of aryl methyl sites for hydroxylation is 1. The number of nitrogens with zero attached hydrogens (tertiary/aromatic N) is 1. The molecule has 0 spiro atoms. The van der Waals surface area contributed by atoms with Gasteiger partial charge in [-0.2, -0.15) is 0 Å². The van der Waals surface area contributed by atoms with Gasteiger partial charge in [-0.3, -0.25) is 0 Å². The molecule has 174 valence electrons. The summed E-state index contributed by atoms with van der Waals surface area (Å²) in [5.74, 6) is 0. The molecule has 0 aliphatic heterocycles. The Balaban J connectivity index is 1.83. The van der Waals surface area contributed by atoms with Crippen LogP contribution < -0.4 is 0 Å². The zero-order chi connectivity index (χ0) is 24.4. The van der Waals surface area contributed by atoms with Crippen molar-refractivity contribution in [1.82, 2.24) is 3.97 Å². The monoisotopic (exact) mass is 559 g/mol.